The van der Waals surface area contributed by atoms with Crippen LogP contribution in [0.3, 0.4) is 0 Å². The Morgan fingerprint density at radius 1 is 1.30 bits per heavy atom. The van der Waals surface area contributed by atoms with E-state index in [9.17, 15) is 9.59 Å². The minimum absolute atomic E-state index is 0.0778. The Bertz CT molecular complexity index is 538. The summed E-state index contributed by atoms with van der Waals surface area (Å²) in [5.74, 6) is -0.458. The first-order valence-corrected chi connectivity index (χ1v) is 8.20. The van der Waals surface area contributed by atoms with E-state index in [1.807, 2.05) is 31.2 Å². The van der Waals surface area contributed by atoms with Gasteiger partial charge in [0.05, 0.1) is 12.5 Å². The van der Waals surface area contributed by atoms with Crippen LogP contribution < -0.4 is 5.32 Å². The number of carboxylic acids is 1. The van der Waals surface area contributed by atoms with Gasteiger partial charge in [-0.05, 0) is 43.2 Å². The molecule has 1 atom stereocenters. The van der Waals surface area contributed by atoms with Crippen molar-refractivity contribution in [1.82, 2.24) is 5.32 Å². The van der Waals surface area contributed by atoms with Gasteiger partial charge in [0.1, 0.15) is 0 Å². The van der Waals surface area contributed by atoms with E-state index in [0.717, 1.165) is 43.6 Å². The molecule has 5 heteroatoms. The van der Waals surface area contributed by atoms with Crippen molar-refractivity contribution in [2.45, 2.75) is 45.1 Å². The van der Waals surface area contributed by atoms with E-state index in [4.69, 9.17) is 9.84 Å². The maximum Gasteiger partial charge on any atom is 0.305 e. The summed E-state index contributed by atoms with van der Waals surface area (Å²) in [6, 6.07) is 7.10. The normalized spacial score (nSPS) is 16.7. The third kappa shape index (κ3) is 5.67. The van der Waals surface area contributed by atoms with Crippen LogP contribution in [0.1, 0.15) is 49.3 Å². The molecule has 0 radical (unpaired) electrons. The molecule has 2 rings (SSSR count). The number of benzene rings is 1. The van der Waals surface area contributed by atoms with Crippen LogP contribution in [0.15, 0.2) is 24.3 Å². The zero-order valence-electron chi connectivity index (χ0n) is 13.6. The van der Waals surface area contributed by atoms with E-state index in [1.165, 1.54) is 0 Å². The quantitative estimate of drug-likeness (QED) is 0.810. The van der Waals surface area contributed by atoms with Gasteiger partial charge >= 0.3 is 5.97 Å². The molecule has 1 fully saturated rings. The Labute approximate surface area is 137 Å². The van der Waals surface area contributed by atoms with Crippen LogP contribution in [0.5, 0.6) is 0 Å². The van der Waals surface area contributed by atoms with Crippen LogP contribution in [0.2, 0.25) is 0 Å². The second-order valence-corrected chi connectivity index (χ2v) is 6.17. The highest BCUT2D eigenvalue weighted by molar-refractivity contribution is 5.77. The van der Waals surface area contributed by atoms with Gasteiger partial charge in [-0.25, -0.2) is 0 Å². The number of aryl methyl sites for hydroxylation is 1. The predicted octanol–water partition coefficient (Wildman–Crippen LogP) is 2.83. The van der Waals surface area contributed by atoms with Crippen molar-refractivity contribution >= 4 is 11.9 Å². The summed E-state index contributed by atoms with van der Waals surface area (Å²) >= 11 is 0. The molecule has 0 bridgehead atoms. The Kier molecular flexibility index (Phi) is 6.59. The van der Waals surface area contributed by atoms with E-state index in [1.54, 1.807) is 0 Å². The largest absolute Gasteiger partial charge is 0.481 e. The molecule has 2 N–H and O–H groups in total. The summed E-state index contributed by atoms with van der Waals surface area (Å²) in [6.07, 6.45) is 3.18. The molecule has 1 aliphatic heterocycles. The lowest BCUT2D eigenvalue weighted by Gasteiger charge is -2.23. The van der Waals surface area contributed by atoms with E-state index in [2.05, 4.69) is 5.32 Å². The molecule has 5 nitrogen and oxygen atoms in total. The van der Waals surface area contributed by atoms with Gasteiger partial charge in [0, 0.05) is 19.6 Å². The molecular weight excluding hydrogens is 294 g/mol. The van der Waals surface area contributed by atoms with E-state index in [0.29, 0.717) is 12.3 Å². The smallest absolute Gasteiger partial charge is 0.305 e. The molecule has 1 heterocycles. The Morgan fingerprint density at radius 3 is 2.65 bits per heavy atom. The molecule has 0 spiro atoms. The van der Waals surface area contributed by atoms with Gasteiger partial charge in [0.2, 0.25) is 5.91 Å². The molecule has 126 valence electrons. The summed E-state index contributed by atoms with van der Waals surface area (Å²) in [7, 11) is 0. The lowest BCUT2D eigenvalue weighted by molar-refractivity contribution is -0.137. The molecular formula is C18H25NO4. The maximum atomic E-state index is 12.2. The average Bonchev–Trinajstić information content (AvgIpc) is 2.53. The molecule has 1 aliphatic rings. The Hall–Kier alpha value is -1.88. The first-order valence-electron chi connectivity index (χ1n) is 8.20. The van der Waals surface area contributed by atoms with Crippen molar-refractivity contribution in [3.05, 3.63) is 35.4 Å². The number of aliphatic carboxylic acids is 1. The third-order valence-corrected chi connectivity index (χ3v) is 4.40. The van der Waals surface area contributed by atoms with Crippen molar-refractivity contribution in [3.8, 4) is 0 Å². The first-order chi connectivity index (χ1) is 11.1. The van der Waals surface area contributed by atoms with E-state index >= 15 is 0 Å². The number of carbonyl (C=O) groups excluding carboxylic acids is 1. The summed E-state index contributed by atoms with van der Waals surface area (Å²) in [5, 5.41) is 12.0. The Balaban J connectivity index is 1.93. The lowest BCUT2D eigenvalue weighted by Crippen LogP contribution is -2.31. The van der Waals surface area contributed by atoms with Crippen molar-refractivity contribution in [1.29, 1.82) is 0 Å². The fourth-order valence-corrected chi connectivity index (χ4v) is 3.03. The molecule has 1 aromatic carbocycles. The fraction of sp³-hybridized carbons (Fsp3) is 0.556. The molecule has 0 unspecified atom stereocenters. The zero-order chi connectivity index (χ0) is 16.7. The highest BCUT2D eigenvalue weighted by Gasteiger charge is 2.21. The van der Waals surface area contributed by atoms with Crippen molar-refractivity contribution in [2.24, 2.45) is 5.92 Å². The molecule has 0 aliphatic carbocycles. The minimum atomic E-state index is -0.914. The van der Waals surface area contributed by atoms with Crippen LogP contribution in [0.4, 0.5) is 0 Å². The van der Waals surface area contributed by atoms with Crippen LogP contribution in [0.25, 0.3) is 0 Å². The number of hydrogen-bond acceptors (Lipinski definition) is 3. The van der Waals surface area contributed by atoms with Gasteiger partial charge in [-0.3, -0.25) is 9.59 Å². The summed E-state index contributed by atoms with van der Waals surface area (Å²) in [6.45, 7) is 3.48. The second-order valence-electron chi connectivity index (χ2n) is 6.17. The van der Waals surface area contributed by atoms with Crippen LogP contribution in [-0.4, -0.2) is 30.2 Å². The molecule has 1 saturated heterocycles. The summed E-state index contributed by atoms with van der Waals surface area (Å²) in [4.78, 5) is 23.3. The van der Waals surface area contributed by atoms with Crippen LogP contribution >= 0.6 is 0 Å². The standard InChI is InChI=1S/C18H25NO4/c1-13-4-2-3-5-15(13)16(12-18(21)22)19-17(20)7-6-14-8-10-23-11-9-14/h2-5,14,16H,6-12H2,1H3,(H,19,20)(H,21,22)/t16-/m1/s1. The number of hydrogen-bond donors (Lipinski definition) is 2. The van der Waals surface area contributed by atoms with Gasteiger partial charge in [-0.1, -0.05) is 24.3 Å². The number of carboxylic acid groups (broad SMARTS) is 1. The van der Waals surface area contributed by atoms with Gasteiger partial charge in [-0.15, -0.1) is 0 Å². The molecule has 23 heavy (non-hydrogen) atoms. The van der Waals surface area contributed by atoms with E-state index < -0.39 is 12.0 Å². The van der Waals surface area contributed by atoms with Gasteiger partial charge in [0.15, 0.2) is 0 Å². The van der Waals surface area contributed by atoms with Gasteiger partial charge in [-0.2, -0.15) is 0 Å². The highest BCUT2D eigenvalue weighted by Crippen LogP contribution is 2.23. The molecule has 1 amide bonds. The highest BCUT2D eigenvalue weighted by atomic mass is 16.5. The average molecular weight is 319 g/mol. The SMILES string of the molecule is Cc1ccccc1[C@@H](CC(=O)O)NC(=O)CCC1CCOCC1. The topological polar surface area (TPSA) is 75.6 Å². The second kappa shape index (κ2) is 8.67. The van der Waals surface area contributed by atoms with Gasteiger partial charge in [0.25, 0.3) is 0 Å². The molecule has 0 aromatic heterocycles. The van der Waals surface area contributed by atoms with Crippen molar-refractivity contribution < 1.29 is 19.4 Å². The lowest BCUT2D eigenvalue weighted by atomic mass is 9.94. The first kappa shape index (κ1) is 17.5. The predicted molar refractivity (Wildman–Crippen MR) is 87.1 cm³/mol. The molecule has 1 aromatic rings. The fourth-order valence-electron chi connectivity index (χ4n) is 3.03. The number of carbonyl (C=O) groups is 2. The molecule has 0 saturated carbocycles. The number of ether oxygens (including phenoxy) is 1. The minimum Gasteiger partial charge on any atom is -0.481 e. The van der Waals surface area contributed by atoms with Crippen LogP contribution in [0, 0.1) is 12.8 Å². The maximum absolute atomic E-state index is 12.2. The van der Waals surface area contributed by atoms with Crippen LogP contribution in [-0.2, 0) is 14.3 Å². The zero-order valence-corrected chi connectivity index (χ0v) is 13.6. The number of amides is 1. The number of nitrogens with one attached hydrogen (secondary N) is 1. The summed E-state index contributed by atoms with van der Waals surface area (Å²) in [5.41, 5.74) is 1.86. The van der Waals surface area contributed by atoms with Gasteiger partial charge < -0.3 is 15.2 Å². The number of rotatable bonds is 7. The monoisotopic (exact) mass is 319 g/mol. The van der Waals surface area contributed by atoms with Crippen molar-refractivity contribution in [2.75, 3.05) is 13.2 Å². The third-order valence-electron chi connectivity index (χ3n) is 4.40. The Morgan fingerprint density at radius 2 is 2.00 bits per heavy atom. The summed E-state index contributed by atoms with van der Waals surface area (Å²) < 4.78 is 5.32. The van der Waals surface area contributed by atoms with E-state index in [-0.39, 0.29) is 12.3 Å². The van der Waals surface area contributed by atoms with Crippen molar-refractivity contribution in [3.63, 3.8) is 0 Å².